The molecule has 1 heterocycles. The predicted molar refractivity (Wildman–Crippen MR) is 168 cm³/mol. The molecule has 0 spiro atoms. The first-order valence-corrected chi connectivity index (χ1v) is 14.8. The van der Waals surface area contributed by atoms with Gasteiger partial charge in [-0.1, -0.05) is 48.5 Å². The van der Waals surface area contributed by atoms with Gasteiger partial charge in [0.15, 0.2) is 5.13 Å². The van der Waals surface area contributed by atoms with E-state index in [0.29, 0.717) is 23.1 Å². The molecule has 0 radical (unpaired) electrons. The molecule has 1 aromatic heterocycles. The maximum Gasteiger partial charge on any atom is 0.323 e. The van der Waals surface area contributed by atoms with Crippen LogP contribution in [0.15, 0.2) is 119 Å². The lowest BCUT2D eigenvalue weighted by Gasteiger charge is -2.16. The summed E-state index contributed by atoms with van der Waals surface area (Å²) in [7, 11) is 0. The molecule has 9 heteroatoms. The number of nitrogens with zero attached hydrogens (tertiary/aromatic N) is 1. The number of urea groups is 1. The van der Waals surface area contributed by atoms with E-state index in [-0.39, 0.29) is 11.9 Å². The van der Waals surface area contributed by atoms with Crippen molar-refractivity contribution in [2.24, 2.45) is 0 Å². The van der Waals surface area contributed by atoms with Crippen molar-refractivity contribution >= 4 is 51.5 Å². The van der Waals surface area contributed by atoms with Gasteiger partial charge in [0.25, 0.3) is 0 Å². The van der Waals surface area contributed by atoms with Gasteiger partial charge in [-0.05, 0) is 73.2 Å². The van der Waals surface area contributed by atoms with E-state index >= 15 is 0 Å². The minimum atomic E-state index is -0.505. The molecule has 0 saturated carbocycles. The Morgan fingerprint density at radius 3 is 2.10 bits per heavy atom. The highest BCUT2D eigenvalue weighted by Gasteiger charge is 2.23. The number of rotatable bonds is 10. The summed E-state index contributed by atoms with van der Waals surface area (Å²) in [4.78, 5) is 31.4. The highest BCUT2D eigenvalue weighted by molar-refractivity contribution is 8.00. The van der Waals surface area contributed by atoms with Gasteiger partial charge in [0.2, 0.25) is 5.91 Å². The van der Waals surface area contributed by atoms with Crippen molar-refractivity contribution in [3.63, 3.8) is 0 Å². The summed E-state index contributed by atoms with van der Waals surface area (Å²) in [6, 6.07) is 33.7. The maximum atomic E-state index is 13.5. The Morgan fingerprint density at radius 2 is 1.44 bits per heavy atom. The zero-order valence-electron chi connectivity index (χ0n) is 22.2. The Labute approximate surface area is 247 Å². The number of aromatic nitrogens is 1. The molecule has 0 bridgehead atoms. The van der Waals surface area contributed by atoms with Gasteiger partial charge in [-0.2, -0.15) is 0 Å². The molecule has 5 aromatic rings. The highest BCUT2D eigenvalue weighted by atomic mass is 32.2. The highest BCUT2D eigenvalue weighted by Crippen LogP contribution is 2.37. The largest absolute Gasteiger partial charge is 0.494 e. The second-order valence-corrected chi connectivity index (χ2v) is 10.9. The third kappa shape index (κ3) is 7.75. The summed E-state index contributed by atoms with van der Waals surface area (Å²) < 4.78 is 5.52. The normalized spacial score (nSPS) is 11.3. The van der Waals surface area contributed by atoms with Gasteiger partial charge < -0.3 is 20.7 Å². The van der Waals surface area contributed by atoms with Crippen molar-refractivity contribution in [2.45, 2.75) is 17.1 Å². The van der Waals surface area contributed by atoms with E-state index in [0.717, 1.165) is 27.5 Å². The zero-order valence-corrected chi connectivity index (χ0v) is 23.9. The van der Waals surface area contributed by atoms with Gasteiger partial charge in [-0.15, -0.1) is 23.1 Å². The van der Waals surface area contributed by atoms with E-state index < -0.39 is 5.25 Å². The van der Waals surface area contributed by atoms with Gasteiger partial charge in [0, 0.05) is 27.2 Å². The molecule has 4 aromatic carbocycles. The number of thiazole rings is 1. The minimum Gasteiger partial charge on any atom is -0.494 e. The number of nitrogens with one attached hydrogen (secondary N) is 3. The zero-order chi connectivity index (χ0) is 28.4. The molecule has 3 amide bonds. The van der Waals surface area contributed by atoms with Gasteiger partial charge >= 0.3 is 6.03 Å². The van der Waals surface area contributed by atoms with Crippen LogP contribution in [0.1, 0.15) is 17.7 Å². The van der Waals surface area contributed by atoms with Crippen LogP contribution in [-0.2, 0) is 4.79 Å². The smallest absolute Gasteiger partial charge is 0.323 e. The Bertz CT molecular complexity index is 1580. The van der Waals surface area contributed by atoms with Gasteiger partial charge in [-0.25, -0.2) is 9.78 Å². The number of hydrogen-bond donors (Lipinski definition) is 3. The molecular formula is C32H28N4O3S2. The fourth-order valence-electron chi connectivity index (χ4n) is 3.99. The monoisotopic (exact) mass is 580 g/mol. The quantitative estimate of drug-likeness (QED) is 0.144. The molecule has 1 atom stereocenters. The van der Waals surface area contributed by atoms with Gasteiger partial charge in [0.1, 0.15) is 11.0 Å². The molecule has 7 nitrogen and oxygen atoms in total. The van der Waals surface area contributed by atoms with Crippen LogP contribution in [0.4, 0.5) is 21.3 Å². The topological polar surface area (TPSA) is 92.4 Å². The number of amides is 3. The van der Waals surface area contributed by atoms with E-state index in [1.807, 2.05) is 121 Å². The molecular weight excluding hydrogens is 553 g/mol. The third-order valence-electron chi connectivity index (χ3n) is 5.93. The SMILES string of the molecule is CCOc1ccc(-c2csc(NC(=O)C(Sc3ccc(NC(=O)Nc4ccccc4)cc3)c3ccccc3)n2)cc1. The second-order valence-electron chi connectivity index (χ2n) is 8.86. The third-order valence-corrected chi connectivity index (χ3v) is 7.96. The van der Waals surface area contributed by atoms with E-state index in [2.05, 4.69) is 20.9 Å². The van der Waals surface area contributed by atoms with Crippen LogP contribution >= 0.6 is 23.1 Å². The van der Waals surface area contributed by atoms with Crippen LogP contribution in [0.3, 0.4) is 0 Å². The molecule has 0 fully saturated rings. The average molecular weight is 581 g/mol. The number of carbonyl (C=O) groups excluding carboxylic acids is 2. The number of anilines is 3. The number of carbonyl (C=O) groups is 2. The lowest BCUT2D eigenvalue weighted by Crippen LogP contribution is -2.19. The molecule has 41 heavy (non-hydrogen) atoms. The van der Waals surface area contributed by atoms with Gasteiger partial charge in [-0.3, -0.25) is 4.79 Å². The minimum absolute atomic E-state index is 0.168. The lowest BCUT2D eigenvalue weighted by molar-refractivity contribution is -0.115. The van der Waals surface area contributed by atoms with Crippen molar-refractivity contribution < 1.29 is 14.3 Å². The second kappa shape index (κ2) is 13.6. The number of benzene rings is 4. The Hall–Kier alpha value is -4.60. The molecule has 5 rings (SSSR count). The first kappa shape index (κ1) is 27.9. The van der Waals surface area contributed by atoms with E-state index in [1.54, 1.807) is 0 Å². The van der Waals surface area contributed by atoms with Crippen LogP contribution < -0.4 is 20.7 Å². The summed E-state index contributed by atoms with van der Waals surface area (Å²) in [5.74, 6) is 0.639. The maximum absolute atomic E-state index is 13.5. The van der Waals surface area contributed by atoms with Crippen LogP contribution in [-0.4, -0.2) is 23.5 Å². The van der Waals surface area contributed by atoms with E-state index in [9.17, 15) is 9.59 Å². The fraction of sp³-hybridized carbons (Fsp3) is 0.0938. The van der Waals surface area contributed by atoms with Crippen LogP contribution in [0.25, 0.3) is 11.3 Å². The summed E-state index contributed by atoms with van der Waals surface area (Å²) in [6.07, 6.45) is 0. The molecule has 0 aliphatic rings. The van der Waals surface area contributed by atoms with Crippen molar-refractivity contribution in [1.29, 1.82) is 0 Å². The number of para-hydroxylation sites is 1. The number of thioether (sulfide) groups is 1. The first-order valence-electron chi connectivity index (χ1n) is 13.0. The fourth-order valence-corrected chi connectivity index (χ4v) is 5.74. The summed E-state index contributed by atoms with van der Waals surface area (Å²) in [5, 5.41) is 10.6. The molecule has 0 saturated heterocycles. The molecule has 0 aliphatic heterocycles. The van der Waals surface area contributed by atoms with Gasteiger partial charge in [0.05, 0.1) is 12.3 Å². The lowest BCUT2D eigenvalue weighted by atomic mass is 10.1. The van der Waals surface area contributed by atoms with Crippen LogP contribution in [0.2, 0.25) is 0 Å². The first-order chi connectivity index (χ1) is 20.1. The predicted octanol–water partition coefficient (Wildman–Crippen LogP) is 8.32. The van der Waals surface area contributed by atoms with Crippen molar-refractivity contribution in [3.05, 3.63) is 120 Å². The summed E-state index contributed by atoms with van der Waals surface area (Å²) in [6.45, 7) is 2.56. The Morgan fingerprint density at radius 1 is 0.805 bits per heavy atom. The molecule has 3 N–H and O–H groups in total. The van der Waals surface area contributed by atoms with E-state index in [1.165, 1.54) is 23.1 Å². The molecule has 0 aliphatic carbocycles. The number of ether oxygens (including phenoxy) is 1. The summed E-state index contributed by atoms with van der Waals surface area (Å²) in [5.41, 5.74) is 3.97. The van der Waals surface area contributed by atoms with E-state index in [4.69, 9.17) is 4.74 Å². The van der Waals surface area contributed by atoms with Crippen LogP contribution in [0, 0.1) is 0 Å². The van der Waals surface area contributed by atoms with Crippen molar-refractivity contribution in [2.75, 3.05) is 22.6 Å². The molecule has 206 valence electrons. The number of hydrogen-bond acceptors (Lipinski definition) is 6. The Kier molecular flexibility index (Phi) is 9.30. The van der Waals surface area contributed by atoms with Crippen LogP contribution in [0.5, 0.6) is 5.75 Å². The van der Waals surface area contributed by atoms with Crippen molar-refractivity contribution in [3.8, 4) is 17.0 Å². The molecule has 1 unspecified atom stereocenters. The van der Waals surface area contributed by atoms with Crippen molar-refractivity contribution in [1.82, 2.24) is 4.98 Å². The average Bonchev–Trinajstić information content (AvgIpc) is 3.46. The Balaban J connectivity index is 1.25. The standard InChI is InChI=1S/C32H28N4O3S2/c1-2-39-26-17-13-22(14-18-26)28-21-40-32(35-28)36-30(37)29(23-9-5-3-6-10-23)41-27-19-15-25(16-20-27)34-31(38)33-24-11-7-4-8-12-24/h3-21,29H,2H2,1H3,(H2,33,34,38)(H,35,36,37). The summed E-state index contributed by atoms with van der Waals surface area (Å²) >= 11 is 2.82.